The van der Waals surface area contributed by atoms with Gasteiger partial charge in [-0.3, -0.25) is 4.99 Å². The Kier molecular flexibility index (Phi) is 9.61. The molecule has 0 aliphatic heterocycles. The summed E-state index contributed by atoms with van der Waals surface area (Å²) in [6.45, 7) is 4.87. The van der Waals surface area contributed by atoms with Crippen molar-refractivity contribution in [3.8, 4) is 0 Å². The second-order valence-electron chi connectivity index (χ2n) is 4.99. The highest BCUT2D eigenvalue weighted by Gasteiger charge is 2.03. The van der Waals surface area contributed by atoms with Crippen molar-refractivity contribution in [3.63, 3.8) is 0 Å². The highest BCUT2D eigenvalue weighted by Crippen LogP contribution is 2.20. The zero-order valence-electron chi connectivity index (χ0n) is 13.2. The van der Waals surface area contributed by atoms with E-state index in [1.165, 1.54) is 5.56 Å². The molecule has 1 unspecified atom stereocenters. The van der Waals surface area contributed by atoms with Gasteiger partial charge in [-0.15, -0.1) is 24.0 Å². The summed E-state index contributed by atoms with van der Waals surface area (Å²) in [5.74, 6) is 0.800. The molecule has 0 aliphatic rings. The standard InChI is InChI=1S/C14H24N4O2S.HI/c1-4-11(2)12-5-7-13(8-6-12)18-14(15)16-9-10-17-21(3,19)20;/h5-8,11,17H,4,9-10H2,1-3H3,(H3,15,16,18);1H. The molecule has 6 nitrogen and oxygen atoms in total. The Balaban J connectivity index is 0.00000441. The molecule has 0 aromatic heterocycles. The van der Waals surface area contributed by atoms with Crippen LogP contribution in [-0.4, -0.2) is 33.7 Å². The van der Waals surface area contributed by atoms with Crippen LogP contribution in [0.2, 0.25) is 0 Å². The van der Waals surface area contributed by atoms with Crippen LogP contribution >= 0.6 is 24.0 Å². The smallest absolute Gasteiger partial charge is 0.208 e. The van der Waals surface area contributed by atoms with Crippen LogP contribution in [0, 0.1) is 0 Å². The minimum atomic E-state index is -3.18. The van der Waals surface area contributed by atoms with Crippen LogP contribution in [0.25, 0.3) is 0 Å². The van der Waals surface area contributed by atoms with Crippen LogP contribution in [-0.2, 0) is 10.0 Å². The first-order valence-electron chi connectivity index (χ1n) is 6.93. The monoisotopic (exact) mass is 440 g/mol. The third-order valence-electron chi connectivity index (χ3n) is 3.12. The fraction of sp³-hybridized carbons (Fsp3) is 0.500. The number of hydrogen-bond donors (Lipinski definition) is 3. The summed E-state index contributed by atoms with van der Waals surface area (Å²) >= 11 is 0. The van der Waals surface area contributed by atoms with E-state index in [2.05, 4.69) is 41.0 Å². The largest absolute Gasteiger partial charge is 0.370 e. The SMILES string of the molecule is CCC(C)c1ccc(NC(N)=NCCNS(C)(=O)=O)cc1.I. The molecule has 0 saturated carbocycles. The van der Waals surface area contributed by atoms with Crippen molar-refractivity contribution in [2.24, 2.45) is 10.7 Å². The number of sulfonamides is 1. The molecule has 4 N–H and O–H groups in total. The number of nitrogens with one attached hydrogen (secondary N) is 2. The molecule has 1 aromatic carbocycles. The maximum absolute atomic E-state index is 10.9. The minimum absolute atomic E-state index is 0. The number of aliphatic imine (C=N–C) groups is 1. The van der Waals surface area contributed by atoms with Crippen molar-refractivity contribution < 1.29 is 8.42 Å². The second-order valence-corrected chi connectivity index (χ2v) is 6.82. The summed E-state index contributed by atoms with van der Waals surface area (Å²) in [4.78, 5) is 4.05. The van der Waals surface area contributed by atoms with Gasteiger partial charge in [0.1, 0.15) is 0 Å². The Hall–Kier alpha value is -0.870. The number of nitrogens with two attached hydrogens (primary N) is 1. The Labute approximate surface area is 150 Å². The summed E-state index contributed by atoms with van der Waals surface area (Å²) in [5.41, 5.74) is 7.89. The van der Waals surface area contributed by atoms with Crippen molar-refractivity contribution in [1.82, 2.24) is 4.72 Å². The number of nitrogens with zero attached hydrogens (tertiary/aromatic N) is 1. The number of rotatable bonds is 7. The fourth-order valence-electron chi connectivity index (χ4n) is 1.73. The van der Waals surface area contributed by atoms with E-state index in [0.717, 1.165) is 18.4 Å². The number of halogens is 1. The topological polar surface area (TPSA) is 96.6 Å². The summed E-state index contributed by atoms with van der Waals surface area (Å²) in [6.07, 6.45) is 2.21. The van der Waals surface area contributed by atoms with E-state index in [1.54, 1.807) is 0 Å². The highest BCUT2D eigenvalue weighted by atomic mass is 127. The van der Waals surface area contributed by atoms with E-state index in [1.807, 2.05) is 12.1 Å². The zero-order valence-corrected chi connectivity index (χ0v) is 16.3. The van der Waals surface area contributed by atoms with Crippen LogP contribution in [0.1, 0.15) is 31.7 Å². The third kappa shape index (κ3) is 8.54. The molecule has 0 radical (unpaired) electrons. The molecule has 8 heteroatoms. The molecular weight excluding hydrogens is 415 g/mol. The van der Waals surface area contributed by atoms with Gasteiger partial charge in [0, 0.05) is 12.2 Å². The molecule has 0 heterocycles. The molecule has 0 fully saturated rings. The van der Waals surface area contributed by atoms with E-state index in [9.17, 15) is 8.42 Å². The second kappa shape index (κ2) is 10.0. The van der Waals surface area contributed by atoms with Gasteiger partial charge >= 0.3 is 0 Å². The van der Waals surface area contributed by atoms with Gasteiger partial charge < -0.3 is 11.1 Å². The molecule has 1 rings (SSSR count). The van der Waals surface area contributed by atoms with Gasteiger partial charge in [0.05, 0.1) is 12.8 Å². The Morgan fingerprint density at radius 2 is 1.91 bits per heavy atom. The van der Waals surface area contributed by atoms with Crippen molar-refractivity contribution in [2.45, 2.75) is 26.2 Å². The molecule has 0 amide bonds. The molecule has 22 heavy (non-hydrogen) atoms. The van der Waals surface area contributed by atoms with Gasteiger partial charge in [0.2, 0.25) is 10.0 Å². The molecular formula is C14H25IN4O2S. The predicted molar refractivity (Wildman–Crippen MR) is 104 cm³/mol. The van der Waals surface area contributed by atoms with Crippen LogP contribution in [0.4, 0.5) is 5.69 Å². The Morgan fingerprint density at radius 3 is 2.41 bits per heavy atom. The molecule has 0 bridgehead atoms. The van der Waals surface area contributed by atoms with E-state index in [4.69, 9.17) is 5.73 Å². The molecule has 0 saturated heterocycles. The van der Waals surface area contributed by atoms with Gasteiger partial charge in [0.25, 0.3) is 0 Å². The van der Waals surface area contributed by atoms with Crippen LogP contribution < -0.4 is 15.8 Å². The molecule has 0 spiro atoms. The maximum atomic E-state index is 10.9. The lowest BCUT2D eigenvalue weighted by Crippen LogP contribution is -2.27. The summed E-state index contributed by atoms with van der Waals surface area (Å²) in [6, 6.07) is 8.04. The van der Waals surface area contributed by atoms with Crippen molar-refractivity contribution in [1.29, 1.82) is 0 Å². The van der Waals surface area contributed by atoms with Crippen LogP contribution in [0.5, 0.6) is 0 Å². The first-order valence-corrected chi connectivity index (χ1v) is 8.82. The zero-order chi connectivity index (χ0) is 15.9. The normalized spacial score (nSPS) is 13.3. The highest BCUT2D eigenvalue weighted by molar-refractivity contribution is 14.0. The average molecular weight is 440 g/mol. The summed E-state index contributed by atoms with van der Waals surface area (Å²) in [7, 11) is -3.18. The van der Waals surface area contributed by atoms with Gasteiger partial charge in [-0.1, -0.05) is 26.0 Å². The number of anilines is 1. The number of guanidine groups is 1. The van der Waals surface area contributed by atoms with E-state index >= 15 is 0 Å². The summed E-state index contributed by atoms with van der Waals surface area (Å²) < 4.78 is 24.1. The third-order valence-corrected chi connectivity index (χ3v) is 3.85. The van der Waals surface area contributed by atoms with Gasteiger partial charge in [-0.25, -0.2) is 13.1 Å². The number of hydrogen-bond acceptors (Lipinski definition) is 3. The predicted octanol–water partition coefficient (Wildman–Crippen LogP) is 2.09. The van der Waals surface area contributed by atoms with Crippen LogP contribution in [0.15, 0.2) is 29.3 Å². The van der Waals surface area contributed by atoms with Crippen LogP contribution in [0.3, 0.4) is 0 Å². The molecule has 1 aromatic rings. The van der Waals surface area contributed by atoms with E-state index in [-0.39, 0.29) is 43.0 Å². The van der Waals surface area contributed by atoms with E-state index in [0.29, 0.717) is 5.92 Å². The lowest BCUT2D eigenvalue weighted by molar-refractivity contribution is 0.588. The first-order chi connectivity index (χ1) is 9.81. The van der Waals surface area contributed by atoms with Crippen molar-refractivity contribution in [3.05, 3.63) is 29.8 Å². The van der Waals surface area contributed by atoms with Crippen molar-refractivity contribution >= 4 is 45.6 Å². The maximum Gasteiger partial charge on any atom is 0.208 e. The molecule has 126 valence electrons. The average Bonchev–Trinajstić information content (AvgIpc) is 2.42. The van der Waals surface area contributed by atoms with Gasteiger partial charge in [-0.2, -0.15) is 0 Å². The lowest BCUT2D eigenvalue weighted by atomic mass is 9.99. The summed E-state index contributed by atoms with van der Waals surface area (Å²) in [5, 5.41) is 2.97. The molecule has 1 atom stereocenters. The van der Waals surface area contributed by atoms with Crippen molar-refractivity contribution in [2.75, 3.05) is 24.7 Å². The Morgan fingerprint density at radius 1 is 1.32 bits per heavy atom. The Bertz CT molecular complexity index is 573. The van der Waals surface area contributed by atoms with E-state index < -0.39 is 10.0 Å². The van der Waals surface area contributed by atoms with Gasteiger partial charge in [0.15, 0.2) is 5.96 Å². The first kappa shape index (κ1) is 21.1. The minimum Gasteiger partial charge on any atom is -0.370 e. The quantitative estimate of drug-likeness (QED) is 0.262. The molecule has 0 aliphatic carbocycles. The number of benzene rings is 1. The van der Waals surface area contributed by atoms with Gasteiger partial charge in [-0.05, 0) is 30.0 Å². The lowest BCUT2D eigenvalue weighted by Gasteiger charge is -2.10. The fourth-order valence-corrected chi connectivity index (χ4v) is 2.19.